The van der Waals surface area contributed by atoms with Gasteiger partial charge in [0.15, 0.2) is 0 Å². The number of unbranched alkanes of at least 4 members (excludes halogenated alkanes) is 1. The number of carbonyl (C=O) groups is 2. The molecule has 2 heterocycles. The van der Waals surface area contributed by atoms with Crippen molar-refractivity contribution in [3.8, 4) is 0 Å². The third-order valence-electron chi connectivity index (χ3n) is 9.41. The molecule has 0 saturated carbocycles. The highest BCUT2D eigenvalue weighted by atomic mass is 16.7. The molecule has 0 spiro atoms. The van der Waals surface area contributed by atoms with Gasteiger partial charge in [-0.15, -0.1) is 0 Å². The second kappa shape index (κ2) is 14.7. The summed E-state index contributed by atoms with van der Waals surface area (Å²) in [7, 11) is -0.329. The zero-order valence-corrected chi connectivity index (χ0v) is 26.3. The van der Waals surface area contributed by atoms with Gasteiger partial charge in [-0.25, -0.2) is 9.59 Å². The number of aliphatic carboxylic acids is 1. The van der Waals surface area contributed by atoms with Crippen molar-refractivity contribution >= 4 is 19.2 Å². The highest BCUT2D eigenvalue weighted by molar-refractivity contribution is 6.45. The Morgan fingerprint density at radius 2 is 1.60 bits per heavy atom. The van der Waals surface area contributed by atoms with Crippen molar-refractivity contribution in [1.82, 2.24) is 10.2 Å². The van der Waals surface area contributed by atoms with E-state index >= 15 is 0 Å². The topological polar surface area (TPSA) is 97.3 Å². The number of ether oxygens (including phenoxy) is 1. The standard InChI is InChI=1S/C34H49BN2O6/c1-32(2)33(3,4)43-35(42-32)22-12-11-20-34(30(38)39,36-31(40)41-26-27-15-7-5-8-16-27)21-14-24-37-23-13-19-29(25-37)28-17-9-6-10-18-28/h5-10,15-18,29H,11-14,19-26H2,1-4H3,(H,36,40)(H,38,39). The summed E-state index contributed by atoms with van der Waals surface area (Å²) in [5.74, 6) is -0.541. The molecular formula is C34H49BN2O6. The maximum absolute atomic E-state index is 12.9. The molecule has 0 bridgehead atoms. The number of alkyl carbamates (subject to hydrolysis) is 1. The number of likely N-dealkylation sites (tertiary alicyclic amines) is 1. The molecule has 0 radical (unpaired) electrons. The largest absolute Gasteiger partial charge is 0.480 e. The highest BCUT2D eigenvalue weighted by Gasteiger charge is 2.50. The quantitative estimate of drug-likeness (QED) is 0.187. The van der Waals surface area contributed by atoms with Gasteiger partial charge in [0.2, 0.25) is 0 Å². The van der Waals surface area contributed by atoms with Crippen molar-refractivity contribution < 1.29 is 28.7 Å². The first-order valence-electron chi connectivity index (χ1n) is 15.8. The van der Waals surface area contributed by atoms with Gasteiger partial charge in [-0.2, -0.15) is 0 Å². The van der Waals surface area contributed by atoms with Gasteiger partial charge < -0.3 is 29.4 Å². The average Bonchev–Trinajstić information content (AvgIpc) is 3.20. The fourth-order valence-corrected chi connectivity index (χ4v) is 6.15. The van der Waals surface area contributed by atoms with E-state index in [9.17, 15) is 14.7 Å². The van der Waals surface area contributed by atoms with Crippen LogP contribution in [0.4, 0.5) is 4.79 Å². The van der Waals surface area contributed by atoms with E-state index in [-0.39, 0.29) is 13.7 Å². The lowest BCUT2D eigenvalue weighted by atomic mass is 9.80. The van der Waals surface area contributed by atoms with E-state index in [1.807, 2.05) is 64.1 Å². The van der Waals surface area contributed by atoms with E-state index in [1.165, 1.54) is 5.56 Å². The Bertz CT molecular complexity index is 1160. The Kier molecular flexibility index (Phi) is 11.3. The van der Waals surface area contributed by atoms with Gasteiger partial charge in [-0.05, 0) is 96.3 Å². The Morgan fingerprint density at radius 1 is 0.977 bits per heavy atom. The molecule has 0 aliphatic carbocycles. The van der Waals surface area contributed by atoms with Crippen LogP contribution in [-0.2, 0) is 25.4 Å². The van der Waals surface area contributed by atoms with E-state index in [0.717, 1.165) is 44.5 Å². The van der Waals surface area contributed by atoms with E-state index in [2.05, 4.69) is 34.5 Å². The van der Waals surface area contributed by atoms with E-state index in [0.29, 0.717) is 37.9 Å². The number of piperidine rings is 1. The second-order valence-electron chi connectivity index (χ2n) is 13.2. The van der Waals surface area contributed by atoms with E-state index < -0.39 is 28.8 Å². The maximum atomic E-state index is 12.9. The van der Waals surface area contributed by atoms with Crippen LogP contribution >= 0.6 is 0 Å². The molecular weight excluding hydrogens is 543 g/mol. The van der Waals surface area contributed by atoms with E-state index in [4.69, 9.17) is 14.0 Å². The first kappa shape index (κ1) is 33.0. The number of amides is 1. The van der Waals surface area contributed by atoms with Crippen LogP contribution in [0.25, 0.3) is 0 Å². The minimum atomic E-state index is -1.42. The van der Waals surface area contributed by atoms with Crippen LogP contribution in [0.3, 0.4) is 0 Å². The molecule has 9 heteroatoms. The minimum Gasteiger partial charge on any atom is -0.480 e. The molecule has 2 aliphatic heterocycles. The predicted octanol–water partition coefficient (Wildman–Crippen LogP) is 6.66. The summed E-state index contributed by atoms with van der Waals surface area (Å²) in [6, 6.07) is 20.0. The SMILES string of the molecule is CC1(C)OB(CCCCC(CCCN2CCCC(c3ccccc3)C2)(NC(=O)OCc2ccccc2)C(=O)O)OC1(C)C. The van der Waals surface area contributed by atoms with Crippen LogP contribution < -0.4 is 5.32 Å². The number of carboxylic acid groups (broad SMARTS) is 1. The lowest BCUT2D eigenvalue weighted by molar-refractivity contribution is -0.145. The zero-order valence-electron chi connectivity index (χ0n) is 26.3. The number of carbonyl (C=O) groups excluding carboxylic acids is 1. The molecule has 2 aromatic carbocycles. The molecule has 1 amide bonds. The van der Waals surface area contributed by atoms with Crippen LogP contribution in [0, 0.1) is 0 Å². The van der Waals surface area contributed by atoms with Crippen LogP contribution in [0.2, 0.25) is 6.32 Å². The van der Waals surface area contributed by atoms with Gasteiger partial charge in [0.1, 0.15) is 12.1 Å². The zero-order chi connectivity index (χ0) is 30.9. The van der Waals surface area contributed by atoms with Crippen LogP contribution in [0.5, 0.6) is 0 Å². The van der Waals surface area contributed by atoms with Crippen LogP contribution in [0.1, 0.15) is 89.7 Å². The van der Waals surface area contributed by atoms with Gasteiger partial charge in [0, 0.05) is 6.54 Å². The average molecular weight is 593 g/mol. The van der Waals surface area contributed by atoms with Gasteiger partial charge >= 0.3 is 19.2 Å². The smallest absolute Gasteiger partial charge is 0.457 e. The van der Waals surface area contributed by atoms with Gasteiger partial charge in [-0.1, -0.05) is 73.5 Å². The second-order valence-corrected chi connectivity index (χ2v) is 13.2. The normalized spacial score (nSPS) is 21.2. The van der Waals surface area contributed by atoms with Crippen molar-refractivity contribution in [3.63, 3.8) is 0 Å². The van der Waals surface area contributed by atoms with Gasteiger partial charge in [0.25, 0.3) is 0 Å². The molecule has 8 nitrogen and oxygen atoms in total. The molecule has 4 rings (SSSR count). The fourth-order valence-electron chi connectivity index (χ4n) is 6.15. The fraction of sp³-hybridized carbons (Fsp3) is 0.588. The summed E-state index contributed by atoms with van der Waals surface area (Å²) >= 11 is 0. The number of nitrogens with one attached hydrogen (secondary N) is 1. The Balaban J connectivity index is 1.35. The summed E-state index contributed by atoms with van der Waals surface area (Å²) in [5, 5.41) is 13.3. The molecule has 2 N–H and O–H groups in total. The number of nitrogens with zero attached hydrogens (tertiary/aromatic N) is 1. The number of hydrogen-bond donors (Lipinski definition) is 2. The molecule has 2 saturated heterocycles. The predicted molar refractivity (Wildman–Crippen MR) is 169 cm³/mol. The minimum absolute atomic E-state index is 0.0823. The number of rotatable bonds is 14. The van der Waals surface area contributed by atoms with Crippen molar-refractivity contribution in [2.24, 2.45) is 0 Å². The molecule has 43 heavy (non-hydrogen) atoms. The van der Waals surface area contributed by atoms with Gasteiger partial charge in [0.05, 0.1) is 11.2 Å². The molecule has 2 aromatic rings. The monoisotopic (exact) mass is 592 g/mol. The van der Waals surface area contributed by atoms with Crippen molar-refractivity contribution in [2.45, 2.75) is 108 Å². The van der Waals surface area contributed by atoms with Crippen molar-refractivity contribution in [2.75, 3.05) is 19.6 Å². The summed E-state index contributed by atoms with van der Waals surface area (Å²) < 4.78 is 17.7. The first-order valence-corrected chi connectivity index (χ1v) is 15.8. The summed E-state index contributed by atoms with van der Waals surface area (Å²) in [4.78, 5) is 28.2. The number of benzene rings is 2. The highest BCUT2D eigenvalue weighted by Crippen LogP contribution is 2.38. The lowest BCUT2D eigenvalue weighted by Crippen LogP contribution is -2.55. The number of carboxylic acids is 1. The molecule has 0 aromatic heterocycles. The van der Waals surface area contributed by atoms with Crippen LogP contribution in [-0.4, -0.2) is 65.6 Å². The molecule has 2 aliphatic rings. The number of hydrogen-bond acceptors (Lipinski definition) is 6. The third-order valence-corrected chi connectivity index (χ3v) is 9.41. The molecule has 2 fully saturated rings. The molecule has 2 atom stereocenters. The Labute approximate surface area is 257 Å². The van der Waals surface area contributed by atoms with Crippen molar-refractivity contribution in [1.29, 1.82) is 0 Å². The molecule has 234 valence electrons. The Morgan fingerprint density at radius 3 is 2.26 bits per heavy atom. The summed E-state index contributed by atoms with van der Waals surface area (Å²) in [6.45, 7) is 10.9. The van der Waals surface area contributed by atoms with Crippen molar-refractivity contribution in [3.05, 3.63) is 71.8 Å². The van der Waals surface area contributed by atoms with Crippen LogP contribution in [0.15, 0.2) is 60.7 Å². The summed E-state index contributed by atoms with van der Waals surface area (Å²) in [6.07, 6.45) is 4.84. The molecule has 2 unspecified atom stereocenters. The maximum Gasteiger partial charge on any atom is 0.457 e. The summed E-state index contributed by atoms with van der Waals surface area (Å²) in [5.41, 5.74) is -0.0182. The van der Waals surface area contributed by atoms with Gasteiger partial charge in [-0.3, -0.25) is 0 Å². The third kappa shape index (κ3) is 9.07. The van der Waals surface area contributed by atoms with E-state index in [1.54, 1.807) is 0 Å². The first-order chi connectivity index (χ1) is 20.5. The Hall–Kier alpha value is -2.88. The lowest BCUT2D eigenvalue weighted by Gasteiger charge is -2.35.